The van der Waals surface area contributed by atoms with Crippen molar-refractivity contribution < 1.29 is 0 Å². The number of likely N-dealkylation sites (N-methyl/N-ethyl adjacent to an activating group) is 1. The van der Waals surface area contributed by atoms with Crippen LogP contribution in [-0.2, 0) is 0 Å². The minimum atomic E-state index is 0.236. The van der Waals surface area contributed by atoms with Crippen LogP contribution in [-0.4, -0.2) is 30.1 Å². The molecule has 18 heavy (non-hydrogen) atoms. The van der Waals surface area contributed by atoms with Crippen LogP contribution >= 0.6 is 0 Å². The second-order valence-corrected chi connectivity index (χ2v) is 7.72. The maximum atomic E-state index is 6.23. The smallest absolute Gasteiger partial charge is 0.0339 e. The standard InChI is InChI=1S/C16H34N2/c1-7-18(10-13(2)3)16(12-17)9-14(4)8-15(5,6)11-16/h13-14H,7-12,17H2,1-6H3. The van der Waals surface area contributed by atoms with Crippen LogP contribution in [0.2, 0.25) is 0 Å². The molecular weight excluding hydrogens is 220 g/mol. The van der Waals surface area contributed by atoms with E-state index in [-0.39, 0.29) is 5.54 Å². The van der Waals surface area contributed by atoms with Crippen LogP contribution in [0.5, 0.6) is 0 Å². The van der Waals surface area contributed by atoms with Gasteiger partial charge in [0.05, 0.1) is 0 Å². The van der Waals surface area contributed by atoms with Gasteiger partial charge in [0.25, 0.3) is 0 Å². The summed E-state index contributed by atoms with van der Waals surface area (Å²) in [5.41, 5.74) is 6.90. The minimum Gasteiger partial charge on any atom is -0.329 e. The summed E-state index contributed by atoms with van der Waals surface area (Å²) >= 11 is 0. The van der Waals surface area contributed by atoms with Gasteiger partial charge in [-0.3, -0.25) is 4.90 Å². The van der Waals surface area contributed by atoms with E-state index in [4.69, 9.17) is 5.73 Å². The topological polar surface area (TPSA) is 29.3 Å². The predicted molar refractivity (Wildman–Crippen MR) is 80.7 cm³/mol. The van der Waals surface area contributed by atoms with Gasteiger partial charge in [-0.2, -0.15) is 0 Å². The van der Waals surface area contributed by atoms with Crippen LogP contribution in [0, 0.1) is 17.3 Å². The first-order valence-corrected chi connectivity index (χ1v) is 7.70. The largest absolute Gasteiger partial charge is 0.329 e. The number of nitrogens with zero attached hydrogens (tertiary/aromatic N) is 1. The maximum absolute atomic E-state index is 6.23. The molecule has 0 aliphatic heterocycles. The Bertz CT molecular complexity index is 260. The third-order valence-corrected chi connectivity index (χ3v) is 4.46. The zero-order valence-corrected chi connectivity index (χ0v) is 13.4. The van der Waals surface area contributed by atoms with Gasteiger partial charge >= 0.3 is 0 Å². The monoisotopic (exact) mass is 254 g/mol. The van der Waals surface area contributed by atoms with Crippen molar-refractivity contribution in [1.29, 1.82) is 0 Å². The SMILES string of the molecule is CCN(CC(C)C)C1(CN)CC(C)CC(C)(C)C1. The maximum Gasteiger partial charge on any atom is 0.0339 e. The van der Waals surface area contributed by atoms with Crippen molar-refractivity contribution in [3.8, 4) is 0 Å². The van der Waals surface area contributed by atoms with Crippen LogP contribution < -0.4 is 5.73 Å². The number of nitrogens with two attached hydrogens (primary N) is 1. The molecule has 2 N–H and O–H groups in total. The van der Waals surface area contributed by atoms with Crippen molar-refractivity contribution in [3.63, 3.8) is 0 Å². The fourth-order valence-corrected chi connectivity index (χ4v) is 4.32. The van der Waals surface area contributed by atoms with Gasteiger partial charge in [-0.15, -0.1) is 0 Å². The number of rotatable bonds is 5. The second kappa shape index (κ2) is 5.92. The Morgan fingerprint density at radius 2 is 1.89 bits per heavy atom. The van der Waals surface area contributed by atoms with Crippen molar-refractivity contribution in [2.75, 3.05) is 19.6 Å². The third-order valence-electron chi connectivity index (χ3n) is 4.46. The van der Waals surface area contributed by atoms with Crippen molar-refractivity contribution in [2.24, 2.45) is 23.0 Å². The van der Waals surface area contributed by atoms with Gasteiger partial charge in [0.1, 0.15) is 0 Å². The molecule has 0 radical (unpaired) electrons. The Labute approximate surface area is 114 Å². The molecule has 0 saturated heterocycles. The molecule has 0 aromatic carbocycles. The van der Waals surface area contributed by atoms with E-state index < -0.39 is 0 Å². The molecule has 1 saturated carbocycles. The van der Waals surface area contributed by atoms with Crippen LogP contribution in [0.15, 0.2) is 0 Å². The number of hydrogen-bond donors (Lipinski definition) is 1. The summed E-state index contributed by atoms with van der Waals surface area (Å²) in [5, 5.41) is 0. The van der Waals surface area contributed by atoms with Crippen LogP contribution in [0.1, 0.15) is 60.8 Å². The Morgan fingerprint density at radius 3 is 2.28 bits per heavy atom. The fourth-order valence-electron chi connectivity index (χ4n) is 4.32. The van der Waals surface area contributed by atoms with E-state index in [0.717, 1.165) is 19.0 Å². The summed E-state index contributed by atoms with van der Waals surface area (Å²) in [6.07, 6.45) is 3.86. The molecule has 2 unspecified atom stereocenters. The molecule has 108 valence electrons. The Morgan fingerprint density at radius 1 is 1.28 bits per heavy atom. The van der Waals surface area contributed by atoms with E-state index in [2.05, 4.69) is 46.4 Å². The van der Waals surface area contributed by atoms with Crippen LogP contribution in [0.4, 0.5) is 0 Å². The van der Waals surface area contributed by atoms with E-state index in [9.17, 15) is 0 Å². The van der Waals surface area contributed by atoms with Gasteiger partial charge in [0.15, 0.2) is 0 Å². The zero-order valence-electron chi connectivity index (χ0n) is 13.4. The lowest BCUT2D eigenvalue weighted by Crippen LogP contribution is -2.59. The first kappa shape index (κ1) is 16.0. The fraction of sp³-hybridized carbons (Fsp3) is 1.00. The van der Waals surface area contributed by atoms with E-state index in [1.54, 1.807) is 0 Å². The average molecular weight is 254 g/mol. The molecule has 0 spiro atoms. The predicted octanol–water partition coefficient (Wildman–Crippen LogP) is 3.51. The summed E-state index contributed by atoms with van der Waals surface area (Å²) in [5.74, 6) is 1.51. The quantitative estimate of drug-likeness (QED) is 0.813. The molecular formula is C16H34N2. The Hall–Kier alpha value is -0.0800. The summed E-state index contributed by atoms with van der Waals surface area (Å²) in [7, 11) is 0. The van der Waals surface area contributed by atoms with Crippen molar-refractivity contribution in [3.05, 3.63) is 0 Å². The van der Waals surface area contributed by atoms with Gasteiger partial charge in [0.2, 0.25) is 0 Å². The molecule has 1 aliphatic rings. The molecule has 0 bridgehead atoms. The molecule has 1 fully saturated rings. The van der Waals surface area contributed by atoms with Gasteiger partial charge in [-0.25, -0.2) is 0 Å². The summed E-state index contributed by atoms with van der Waals surface area (Å²) in [4.78, 5) is 2.66. The van der Waals surface area contributed by atoms with E-state index in [1.807, 2.05) is 0 Å². The molecule has 2 heteroatoms. The summed E-state index contributed by atoms with van der Waals surface area (Å²) in [6.45, 7) is 17.2. The van der Waals surface area contributed by atoms with Crippen LogP contribution in [0.25, 0.3) is 0 Å². The van der Waals surface area contributed by atoms with Gasteiger partial charge < -0.3 is 5.73 Å². The highest BCUT2D eigenvalue weighted by molar-refractivity contribution is 5.01. The zero-order chi connectivity index (χ0) is 14.0. The minimum absolute atomic E-state index is 0.236. The van der Waals surface area contributed by atoms with Gasteiger partial charge in [-0.05, 0) is 43.1 Å². The molecule has 2 atom stereocenters. The third kappa shape index (κ3) is 3.71. The first-order valence-electron chi connectivity index (χ1n) is 7.70. The molecule has 0 aromatic rings. The average Bonchev–Trinajstić information content (AvgIpc) is 2.22. The van der Waals surface area contributed by atoms with Gasteiger partial charge in [0, 0.05) is 18.6 Å². The summed E-state index contributed by atoms with van der Waals surface area (Å²) in [6, 6.07) is 0. The molecule has 1 aliphatic carbocycles. The highest BCUT2D eigenvalue weighted by Crippen LogP contribution is 2.46. The highest BCUT2D eigenvalue weighted by Gasteiger charge is 2.45. The summed E-state index contributed by atoms with van der Waals surface area (Å²) < 4.78 is 0. The van der Waals surface area contributed by atoms with E-state index in [1.165, 1.54) is 25.8 Å². The van der Waals surface area contributed by atoms with Gasteiger partial charge in [-0.1, -0.05) is 41.5 Å². The number of hydrogen-bond acceptors (Lipinski definition) is 2. The van der Waals surface area contributed by atoms with Crippen molar-refractivity contribution in [2.45, 2.75) is 66.3 Å². The lowest BCUT2D eigenvalue weighted by atomic mass is 9.63. The van der Waals surface area contributed by atoms with E-state index in [0.29, 0.717) is 11.3 Å². The molecule has 1 rings (SSSR count). The Kier molecular flexibility index (Phi) is 5.25. The normalized spacial score (nSPS) is 32.2. The van der Waals surface area contributed by atoms with E-state index >= 15 is 0 Å². The van der Waals surface area contributed by atoms with Crippen LogP contribution in [0.3, 0.4) is 0 Å². The molecule has 0 heterocycles. The Balaban J connectivity index is 2.94. The highest BCUT2D eigenvalue weighted by atomic mass is 15.2. The lowest BCUT2D eigenvalue weighted by molar-refractivity contribution is -0.0147. The second-order valence-electron chi connectivity index (χ2n) is 7.72. The van der Waals surface area contributed by atoms with Crippen molar-refractivity contribution in [1.82, 2.24) is 4.90 Å². The van der Waals surface area contributed by atoms with Crippen molar-refractivity contribution >= 4 is 0 Å². The molecule has 2 nitrogen and oxygen atoms in total. The first-order chi connectivity index (χ1) is 8.24. The lowest BCUT2D eigenvalue weighted by Gasteiger charge is -2.53. The molecule has 0 aromatic heterocycles. The molecule has 0 amide bonds.